The van der Waals surface area contributed by atoms with E-state index in [9.17, 15) is 13.2 Å². The van der Waals surface area contributed by atoms with Gasteiger partial charge in [-0.2, -0.15) is 4.98 Å². The van der Waals surface area contributed by atoms with Gasteiger partial charge in [-0.15, -0.1) is 0 Å². The monoisotopic (exact) mass is 500 g/mol. The van der Waals surface area contributed by atoms with Crippen LogP contribution in [-0.2, 0) is 26.8 Å². The van der Waals surface area contributed by atoms with E-state index in [4.69, 9.17) is 9.26 Å². The minimum Gasteiger partial charge on any atom is -0.481 e. The molecule has 1 amide bonds. The number of aromatic nitrogens is 2. The number of carbonyl (C=O) groups excluding carboxylic acids is 1. The third kappa shape index (κ3) is 6.60. The first-order chi connectivity index (χ1) is 16.3. The van der Waals surface area contributed by atoms with Gasteiger partial charge in [0.1, 0.15) is 5.75 Å². The number of anilines is 1. The molecule has 0 N–H and O–H groups in total. The number of sulfonamides is 1. The van der Waals surface area contributed by atoms with Gasteiger partial charge in [0.05, 0.1) is 18.5 Å². The Morgan fingerprint density at radius 3 is 2.20 bits per heavy atom. The summed E-state index contributed by atoms with van der Waals surface area (Å²) in [5.74, 6) is 0.959. The minimum atomic E-state index is -3.36. The molecular formula is C25H32N4O5S. The zero-order chi connectivity index (χ0) is 26.0. The Morgan fingerprint density at radius 1 is 1.06 bits per heavy atom. The van der Waals surface area contributed by atoms with E-state index in [-0.39, 0.29) is 17.9 Å². The molecule has 2 aromatic carbocycles. The summed E-state index contributed by atoms with van der Waals surface area (Å²) in [4.78, 5) is 18.7. The molecule has 0 spiro atoms. The van der Waals surface area contributed by atoms with Crippen molar-refractivity contribution in [2.75, 3.05) is 24.7 Å². The molecule has 0 saturated carbocycles. The van der Waals surface area contributed by atoms with E-state index in [0.29, 0.717) is 23.2 Å². The summed E-state index contributed by atoms with van der Waals surface area (Å²) in [7, 11) is -0.257. The number of carbonyl (C=O) groups is 1. The molecule has 1 heterocycles. The molecule has 3 rings (SSSR count). The summed E-state index contributed by atoms with van der Waals surface area (Å²) in [5, 5.41) is 4.04. The van der Waals surface area contributed by atoms with Crippen LogP contribution in [0.1, 0.15) is 39.1 Å². The van der Waals surface area contributed by atoms with E-state index < -0.39 is 16.1 Å². The van der Waals surface area contributed by atoms with Crippen molar-refractivity contribution >= 4 is 21.6 Å². The average Bonchev–Trinajstić information content (AvgIpc) is 3.26. The van der Waals surface area contributed by atoms with Crippen molar-refractivity contribution in [3.8, 4) is 17.1 Å². The predicted octanol–water partition coefficient (Wildman–Crippen LogP) is 3.86. The van der Waals surface area contributed by atoms with Crippen molar-refractivity contribution in [2.45, 2.75) is 45.8 Å². The largest absolute Gasteiger partial charge is 0.481 e. The maximum absolute atomic E-state index is 12.8. The van der Waals surface area contributed by atoms with Gasteiger partial charge in [-0.1, -0.05) is 50.2 Å². The van der Waals surface area contributed by atoms with E-state index in [1.54, 1.807) is 38.2 Å². The number of amides is 1. The molecule has 188 valence electrons. The molecule has 1 aromatic heterocycles. The lowest BCUT2D eigenvalue weighted by molar-refractivity contribution is -0.137. The summed E-state index contributed by atoms with van der Waals surface area (Å²) in [6.07, 6.45) is 0.356. The van der Waals surface area contributed by atoms with Gasteiger partial charge in [0, 0.05) is 19.7 Å². The van der Waals surface area contributed by atoms with E-state index in [0.717, 1.165) is 16.1 Å². The molecule has 1 atom stereocenters. The van der Waals surface area contributed by atoms with Crippen LogP contribution >= 0.6 is 0 Å². The summed E-state index contributed by atoms with van der Waals surface area (Å²) in [6.45, 7) is 8.24. The molecular weight excluding hydrogens is 468 g/mol. The molecule has 0 bridgehead atoms. The Hall–Kier alpha value is -3.40. The smallest absolute Gasteiger partial charge is 0.263 e. The Balaban J connectivity index is 1.60. The number of benzene rings is 2. The second kappa shape index (κ2) is 10.1. The predicted molar refractivity (Wildman–Crippen MR) is 135 cm³/mol. The van der Waals surface area contributed by atoms with Crippen molar-refractivity contribution in [3.63, 3.8) is 0 Å². The standard InChI is InChI=1S/C25H32N4O5S/c1-17(33-21-14-12-20(13-15-21)29(6)35(7,31)32)24(30)28(5)16-22-26-23(27-34-22)18-8-10-19(11-9-18)25(2,3)4/h8-15,17H,16H2,1-7H3/t17-/m1/s1. The van der Waals surface area contributed by atoms with Crippen molar-refractivity contribution < 1.29 is 22.5 Å². The Kier molecular flexibility index (Phi) is 7.54. The lowest BCUT2D eigenvalue weighted by Crippen LogP contribution is -2.37. The first-order valence-electron chi connectivity index (χ1n) is 11.1. The van der Waals surface area contributed by atoms with Crippen molar-refractivity contribution in [2.24, 2.45) is 0 Å². The lowest BCUT2D eigenvalue weighted by Gasteiger charge is -2.21. The van der Waals surface area contributed by atoms with Gasteiger partial charge in [-0.05, 0) is 42.2 Å². The quantitative estimate of drug-likeness (QED) is 0.462. The lowest BCUT2D eigenvalue weighted by atomic mass is 9.87. The third-order valence-electron chi connectivity index (χ3n) is 5.58. The Bertz CT molecular complexity index is 1260. The van der Waals surface area contributed by atoms with Crippen LogP contribution in [0.3, 0.4) is 0 Å². The maximum Gasteiger partial charge on any atom is 0.263 e. The van der Waals surface area contributed by atoms with Gasteiger partial charge < -0.3 is 14.2 Å². The minimum absolute atomic E-state index is 0.0529. The van der Waals surface area contributed by atoms with Crippen LogP contribution < -0.4 is 9.04 Å². The number of ether oxygens (including phenoxy) is 1. The highest BCUT2D eigenvalue weighted by Crippen LogP contribution is 2.25. The topological polar surface area (TPSA) is 106 Å². The van der Waals surface area contributed by atoms with Gasteiger partial charge in [0.25, 0.3) is 5.91 Å². The van der Waals surface area contributed by atoms with E-state index in [2.05, 4.69) is 30.9 Å². The summed E-state index contributed by atoms with van der Waals surface area (Å²) < 4.78 is 35.6. The van der Waals surface area contributed by atoms with Crippen molar-refractivity contribution in [3.05, 3.63) is 60.0 Å². The molecule has 10 heteroatoms. The first-order valence-corrected chi connectivity index (χ1v) is 13.0. The molecule has 0 unspecified atom stereocenters. The van der Waals surface area contributed by atoms with Crippen LogP contribution in [0.25, 0.3) is 11.4 Å². The zero-order valence-corrected chi connectivity index (χ0v) is 22.0. The number of nitrogens with zero attached hydrogens (tertiary/aromatic N) is 4. The molecule has 0 aliphatic carbocycles. The van der Waals surface area contributed by atoms with Crippen LogP contribution in [0.4, 0.5) is 5.69 Å². The second-order valence-corrected chi connectivity index (χ2v) is 11.5. The molecule has 0 aliphatic rings. The van der Waals surface area contributed by atoms with Gasteiger partial charge in [-0.3, -0.25) is 9.10 Å². The Morgan fingerprint density at radius 2 is 1.66 bits per heavy atom. The molecule has 0 fully saturated rings. The van der Waals surface area contributed by atoms with Gasteiger partial charge in [0.15, 0.2) is 6.10 Å². The first kappa shape index (κ1) is 26.2. The molecule has 3 aromatic rings. The Labute approximate surface area is 206 Å². The highest BCUT2D eigenvalue weighted by Gasteiger charge is 2.22. The summed E-state index contributed by atoms with van der Waals surface area (Å²) >= 11 is 0. The van der Waals surface area contributed by atoms with Crippen molar-refractivity contribution in [1.29, 1.82) is 0 Å². The molecule has 0 aliphatic heterocycles. The summed E-state index contributed by atoms with van der Waals surface area (Å²) in [6, 6.07) is 14.5. The van der Waals surface area contributed by atoms with Crippen LogP contribution in [0.5, 0.6) is 5.75 Å². The fraction of sp³-hybridized carbons (Fsp3) is 0.400. The highest BCUT2D eigenvalue weighted by molar-refractivity contribution is 7.92. The SMILES string of the molecule is C[C@@H](Oc1ccc(N(C)S(C)(=O)=O)cc1)C(=O)N(C)Cc1nc(-c2ccc(C(C)(C)C)cc2)no1. The van der Waals surface area contributed by atoms with Gasteiger partial charge in [0.2, 0.25) is 21.7 Å². The summed E-state index contributed by atoms with van der Waals surface area (Å²) in [5.41, 5.74) is 2.60. The molecule has 35 heavy (non-hydrogen) atoms. The van der Waals surface area contributed by atoms with E-state index in [1.807, 2.05) is 24.3 Å². The third-order valence-corrected chi connectivity index (χ3v) is 6.79. The van der Waals surface area contributed by atoms with Gasteiger partial charge >= 0.3 is 0 Å². The molecule has 9 nitrogen and oxygen atoms in total. The number of rotatable bonds is 8. The normalized spacial score (nSPS) is 12.8. The fourth-order valence-electron chi connectivity index (χ4n) is 3.33. The highest BCUT2D eigenvalue weighted by atomic mass is 32.2. The molecule has 0 saturated heterocycles. The maximum atomic E-state index is 12.8. The van der Waals surface area contributed by atoms with Crippen LogP contribution in [0.2, 0.25) is 0 Å². The number of hydrogen-bond donors (Lipinski definition) is 0. The fourth-order valence-corrected chi connectivity index (χ4v) is 3.83. The van der Waals surface area contributed by atoms with Crippen molar-refractivity contribution in [1.82, 2.24) is 15.0 Å². The van der Waals surface area contributed by atoms with Crippen LogP contribution in [0.15, 0.2) is 53.1 Å². The van der Waals surface area contributed by atoms with Crippen LogP contribution in [-0.4, -0.2) is 55.8 Å². The molecule has 0 radical (unpaired) electrons. The number of hydrogen-bond acceptors (Lipinski definition) is 7. The van der Waals surface area contributed by atoms with E-state index in [1.165, 1.54) is 17.5 Å². The van der Waals surface area contributed by atoms with Crippen LogP contribution in [0, 0.1) is 0 Å². The van der Waals surface area contributed by atoms with Gasteiger partial charge in [-0.25, -0.2) is 8.42 Å². The second-order valence-electron chi connectivity index (χ2n) is 9.52. The number of likely N-dealkylation sites (N-methyl/N-ethyl adjacent to an activating group) is 1. The average molecular weight is 501 g/mol. The zero-order valence-electron chi connectivity index (χ0n) is 21.1. The van der Waals surface area contributed by atoms with E-state index >= 15 is 0 Å².